The van der Waals surface area contributed by atoms with Crippen molar-refractivity contribution in [3.8, 4) is 0 Å². The number of nitrogens with one attached hydrogen (secondary N) is 1. The van der Waals surface area contributed by atoms with Crippen LogP contribution in [-0.2, 0) is 6.42 Å². The van der Waals surface area contributed by atoms with Gasteiger partial charge in [-0.15, -0.1) is 0 Å². The minimum Gasteiger partial charge on any atom is -0.396 e. The molecule has 0 saturated heterocycles. The van der Waals surface area contributed by atoms with E-state index < -0.39 is 0 Å². The summed E-state index contributed by atoms with van der Waals surface area (Å²) in [7, 11) is 0. The van der Waals surface area contributed by atoms with Crippen molar-refractivity contribution < 1.29 is 5.11 Å². The highest BCUT2D eigenvalue weighted by atomic mass is 35.5. The van der Waals surface area contributed by atoms with E-state index in [0.29, 0.717) is 12.0 Å². The Hall–Kier alpha value is -0.570. The molecular weight excluding hydrogens is 234 g/mol. The Kier molecular flexibility index (Phi) is 6.56. The van der Waals surface area contributed by atoms with Gasteiger partial charge < -0.3 is 10.4 Å². The number of hydrogen-bond donors (Lipinski definition) is 2. The van der Waals surface area contributed by atoms with Gasteiger partial charge in [-0.3, -0.25) is 0 Å². The third-order valence-electron chi connectivity index (χ3n) is 2.89. The fraction of sp³-hybridized carbons (Fsp3) is 0.571. The van der Waals surface area contributed by atoms with Crippen LogP contribution in [0.15, 0.2) is 24.3 Å². The van der Waals surface area contributed by atoms with Crippen LogP contribution >= 0.6 is 11.6 Å². The number of aliphatic hydroxyl groups is 1. The Morgan fingerprint density at radius 2 is 1.88 bits per heavy atom. The highest BCUT2D eigenvalue weighted by molar-refractivity contribution is 6.30. The summed E-state index contributed by atoms with van der Waals surface area (Å²) in [5.41, 5.74) is 1.30. The van der Waals surface area contributed by atoms with E-state index in [1.165, 1.54) is 5.56 Å². The smallest absolute Gasteiger partial charge is 0.0434 e. The van der Waals surface area contributed by atoms with Crippen LogP contribution in [-0.4, -0.2) is 24.3 Å². The van der Waals surface area contributed by atoms with Crippen molar-refractivity contribution in [2.24, 2.45) is 5.92 Å². The summed E-state index contributed by atoms with van der Waals surface area (Å²) in [6.45, 7) is 5.56. The van der Waals surface area contributed by atoms with E-state index in [1.807, 2.05) is 12.1 Å². The largest absolute Gasteiger partial charge is 0.396 e. The van der Waals surface area contributed by atoms with E-state index in [-0.39, 0.29) is 6.61 Å². The molecule has 0 aliphatic heterocycles. The van der Waals surface area contributed by atoms with Crippen molar-refractivity contribution in [2.45, 2.75) is 32.7 Å². The van der Waals surface area contributed by atoms with E-state index in [0.717, 1.165) is 24.4 Å². The number of aliphatic hydroxyl groups excluding tert-OH is 1. The van der Waals surface area contributed by atoms with Gasteiger partial charge in [0.05, 0.1) is 0 Å². The third-order valence-corrected chi connectivity index (χ3v) is 3.14. The molecule has 0 aliphatic carbocycles. The first-order valence-corrected chi connectivity index (χ1v) is 6.58. The van der Waals surface area contributed by atoms with E-state index in [1.54, 1.807) is 0 Å². The number of hydrogen-bond acceptors (Lipinski definition) is 2. The van der Waals surface area contributed by atoms with Crippen molar-refractivity contribution in [1.82, 2.24) is 5.32 Å². The van der Waals surface area contributed by atoms with E-state index in [4.69, 9.17) is 16.7 Å². The van der Waals surface area contributed by atoms with Crippen LogP contribution in [0.4, 0.5) is 0 Å². The Bertz CT molecular complexity index is 313. The molecule has 0 bridgehead atoms. The molecule has 2 unspecified atom stereocenters. The molecule has 17 heavy (non-hydrogen) atoms. The van der Waals surface area contributed by atoms with Gasteiger partial charge in [0.2, 0.25) is 0 Å². The van der Waals surface area contributed by atoms with E-state index in [9.17, 15) is 0 Å². The average molecular weight is 256 g/mol. The second-order valence-corrected chi connectivity index (χ2v) is 5.19. The Morgan fingerprint density at radius 1 is 1.24 bits per heavy atom. The predicted octanol–water partition coefficient (Wildman–Crippen LogP) is 2.88. The van der Waals surface area contributed by atoms with Crippen molar-refractivity contribution >= 4 is 11.6 Å². The Balaban J connectivity index is 2.29. The SMILES string of the molecule is CC(CCO)CNC(C)Cc1ccc(Cl)cc1. The van der Waals surface area contributed by atoms with Crippen LogP contribution in [0.3, 0.4) is 0 Å². The minimum absolute atomic E-state index is 0.272. The maximum absolute atomic E-state index is 8.82. The zero-order valence-corrected chi connectivity index (χ0v) is 11.4. The molecular formula is C14H22ClNO. The molecule has 0 spiro atoms. The zero-order valence-electron chi connectivity index (χ0n) is 10.6. The van der Waals surface area contributed by atoms with E-state index in [2.05, 4.69) is 31.3 Å². The minimum atomic E-state index is 0.272. The fourth-order valence-corrected chi connectivity index (χ4v) is 1.90. The van der Waals surface area contributed by atoms with Gasteiger partial charge >= 0.3 is 0 Å². The molecule has 0 fully saturated rings. The first-order valence-electron chi connectivity index (χ1n) is 6.20. The maximum atomic E-state index is 8.82. The molecule has 0 amide bonds. The highest BCUT2D eigenvalue weighted by Gasteiger charge is 2.06. The van der Waals surface area contributed by atoms with Crippen LogP contribution in [0.2, 0.25) is 5.02 Å². The number of rotatable bonds is 7. The lowest BCUT2D eigenvalue weighted by Gasteiger charge is -2.17. The Morgan fingerprint density at radius 3 is 2.47 bits per heavy atom. The molecule has 2 nitrogen and oxygen atoms in total. The first kappa shape index (κ1) is 14.5. The maximum Gasteiger partial charge on any atom is 0.0434 e. The fourth-order valence-electron chi connectivity index (χ4n) is 1.77. The highest BCUT2D eigenvalue weighted by Crippen LogP contribution is 2.11. The molecule has 0 aliphatic rings. The lowest BCUT2D eigenvalue weighted by molar-refractivity contribution is 0.258. The molecule has 0 heterocycles. The summed E-state index contributed by atoms with van der Waals surface area (Å²) >= 11 is 5.85. The summed E-state index contributed by atoms with van der Waals surface area (Å²) < 4.78 is 0. The average Bonchev–Trinajstić information content (AvgIpc) is 2.30. The van der Waals surface area contributed by atoms with Crippen LogP contribution in [0, 0.1) is 5.92 Å². The van der Waals surface area contributed by atoms with Gasteiger partial charge in [-0.1, -0.05) is 30.7 Å². The Labute approximate surface area is 109 Å². The summed E-state index contributed by atoms with van der Waals surface area (Å²) in [6, 6.07) is 8.43. The molecule has 0 aromatic heterocycles. The van der Waals surface area contributed by atoms with Gasteiger partial charge in [0.15, 0.2) is 0 Å². The van der Waals surface area contributed by atoms with Gasteiger partial charge in [0.25, 0.3) is 0 Å². The van der Waals surface area contributed by atoms with Crippen LogP contribution < -0.4 is 5.32 Å². The summed E-state index contributed by atoms with van der Waals surface area (Å²) in [5.74, 6) is 0.521. The molecule has 1 aromatic carbocycles. The van der Waals surface area contributed by atoms with Gasteiger partial charge in [0, 0.05) is 17.7 Å². The van der Waals surface area contributed by atoms with Gasteiger partial charge in [-0.25, -0.2) is 0 Å². The molecule has 2 N–H and O–H groups in total. The molecule has 3 heteroatoms. The molecule has 96 valence electrons. The van der Waals surface area contributed by atoms with Crippen LogP contribution in [0.5, 0.6) is 0 Å². The van der Waals surface area contributed by atoms with E-state index >= 15 is 0 Å². The van der Waals surface area contributed by atoms with Crippen LogP contribution in [0.25, 0.3) is 0 Å². The lowest BCUT2D eigenvalue weighted by atomic mass is 10.1. The quantitative estimate of drug-likeness (QED) is 0.785. The summed E-state index contributed by atoms with van der Waals surface area (Å²) in [6.07, 6.45) is 1.86. The lowest BCUT2D eigenvalue weighted by Crippen LogP contribution is -2.32. The molecule has 2 atom stereocenters. The summed E-state index contributed by atoms with van der Waals surface area (Å²) in [5, 5.41) is 13.1. The summed E-state index contributed by atoms with van der Waals surface area (Å²) in [4.78, 5) is 0. The van der Waals surface area contributed by atoms with Gasteiger partial charge in [0.1, 0.15) is 0 Å². The second-order valence-electron chi connectivity index (χ2n) is 4.76. The topological polar surface area (TPSA) is 32.3 Å². The first-order chi connectivity index (χ1) is 8.11. The number of halogens is 1. The van der Waals surface area contributed by atoms with Crippen LogP contribution in [0.1, 0.15) is 25.8 Å². The zero-order chi connectivity index (χ0) is 12.7. The predicted molar refractivity (Wildman–Crippen MR) is 73.5 cm³/mol. The molecule has 0 saturated carbocycles. The second kappa shape index (κ2) is 7.70. The van der Waals surface area contributed by atoms with Crippen molar-refractivity contribution in [3.05, 3.63) is 34.9 Å². The normalized spacial score (nSPS) is 14.6. The van der Waals surface area contributed by atoms with Gasteiger partial charge in [-0.2, -0.15) is 0 Å². The number of benzene rings is 1. The standard InChI is InChI=1S/C14H22ClNO/c1-11(7-8-17)10-16-12(2)9-13-3-5-14(15)6-4-13/h3-6,11-12,16-17H,7-10H2,1-2H3. The van der Waals surface area contributed by atoms with Crippen molar-refractivity contribution in [2.75, 3.05) is 13.2 Å². The monoisotopic (exact) mass is 255 g/mol. The van der Waals surface area contributed by atoms with Crippen molar-refractivity contribution in [1.29, 1.82) is 0 Å². The molecule has 1 rings (SSSR count). The molecule has 0 radical (unpaired) electrons. The third kappa shape index (κ3) is 6.06. The molecule has 1 aromatic rings. The van der Waals surface area contributed by atoms with Gasteiger partial charge in [-0.05, 0) is 49.9 Å². The van der Waals surface area contributed by atoms with Crippen molar-refractivity contribution in [3.63, 3.8) is 0 Å².